The minimum atomic E-state index is -0.518. The number of rotatable bonds is 9. The van der Waals surface area contributed by atoms with Gasteiger partial charge < -0.3 is 19.2 Å². The van der Waals surface area contributed by atoms with Crippen molar-refractivity contribution in [1.82, 2.24) is 24.4 Å². The van der Waals surface area contributed by atoms with E-state index < -0.39 is 5.41 Å². The molecule has 30 heavy (non-hydrogen) atoms. The molecule has 0 aromatic carbocycles. The first-order valence-corrected chi connectivity index (χ1v) is 9.59. The summed E-state index contributed by atoms with van der Waals surface area (Å²) in [5.74, 6) is -0.424. The van der Waals surface area contributed by atoms with Crippen molar-refractivity contribution in [3.63, 3.8) is 0 Å². The van der Waals surface area contributed by atoms with E-state index in [9.17, 15) is 9.59 Å². The highest BCUT2D eigenvalue weighted by atomic mass is 16.5. The van der Waals surface area contributed by atoms with E-state index in [0.29, 0.717) is 43.4 Å². The summed E-state index contributed by atoms with van der Waals surface area (Å²) in [5.41, 5.74) is 1.25. The number of nitrogens with one attached hydrogen (secondary N) is 1. The fourth-order valence-corrected chi connectivity index (χ4v) is 2.67. The first-order valence-electron chi connectivity index (χ1n) is 9.59. The van der Waals surface area contributed by atoms with Crippen LogP contribution < -0.4 is 5.32 Å². The molecule has 3 heterocycles. The Morgan fingerprint density at radius 2 is 1.87 bits per heavy atom. The van der Waals surface area contributed by atoms with Crippen LogP contribution >= 0.6 is 0 Å². The number of methoxy groups -OCH3 is 1. The number of carbonyl (C=O) groups excluding carboxylic acids is 2. The fraction of sp³-hybridized carbons (Fsp3) is 0.450. The molecule has 0 bridgehead atoms. The molecule has 0 spiro atoms. The molecule has 3 rings (SSSR count). The van der Waals surface area contributed by atoms with Gasteiger partial charge in [-0.25, -0.2) is 9.67 Å². The first-order chi connectivity index (χ1) is 14.3. The highest BCUT2D eigenvalue weighted by Gasteiger charge is 2.25. The standard InChI is InChI=1S/C20H26N6O4/c1-20(2,3)18(27)15-12-25-11-14(5-6-17(25)22-15)21-19(28)16-13-26(24-23-16)7-8-30-10-9-29-4/h5-6,11-13H,7-10H2,1-4H3,(H,21,28). The van der Waals surface area contributed by atoms with Crippen LogP contribution in [0.5, 0.6) is 0 Å². The number of anilines is 1. The van der Waals surface area contributed by atoms with Crippen molar-refractivity contribution < 1.29 is 19.1 Å². The van der Waals surface area contributed by atoms with Gasteiger partial charge in [0.05, 0.1) is 38.2 Å². The molecule has 0 aliphatic rings. The Morgan fingerprint density at radius 1 is 1.07 bits per heavy atom. The van der Waals surface area contributed by atoms with E-state index in [-0.39, 0.29) is 17.4 Å². The monoisotopic (exact) mass is 414 g/mol. The molecule has 0 atom stereocenters. The van der Waals surface area contributed by atoms with Crippen LogP contribution in [0.1, 0.15) is 41.7 Å². The van der Waals surface area contributed by atoms with Crippen LogP contribution in [0.4, 0.5) is 5.69 Å². The molecule has 0 radical (unpaired) electrons. The van der Waals surface area contributed by atoms with E-state index in [1.54, 1.807) is 46.9 Å². The van der Waals surface area contributed by atoms with Crippen molar-refractivity contribution in [2.45, 2.75) is 27.3 Å². The van der Waals surface area contributed by atoms with Crippen molar-refractivity contribution in [3.8, 4) is 0 Å². The molecule has 3 aromatic rings. The molecule has 0 fully saturated rings. The Hall–Kier alpha value is -3.11. The third-order valence-corrected chi connectivity index (χ3v) is 4.29. The van der Waals surface area contributed by atoms with Gasteiger partial charge in [-0.3, -0.25) is 9.59 Å². The lowest BCUT2D eigenvalue weighted by Gasteiger charge is -2.13. The van der Waals surface area contributed by atoms with Gasteiger partial charge in [-0.2, -0.15) is 0 Å². The lowest BCUT2D eigenvalue weighted by Crippen LogP contribution is -2.20. The van der Waals surface area contributed by atoms with Crippen LogP contribution in [-0.4, -0.2) is 63.0 Å². The summed E-state index contributed by atoms with van der Waals surface area (Å²) in [5, 5.41) is 10.6. The zero-order valence-electron chi connectivity index (χ0n) is 17.6. The predicted molar refractivity (Wildman–Crippen MR) is 110 cm³/mol. The van der Waals surface area contributed by atoms with Gasteiger partial charge in [0, 0.05) is 24.9 Å². The van der Waals surface area contributed by atoms with Gasteiger partial charge in [-0.1, -0.05) is 26.0 Å². The summed E-state index contributed by atoms with van der Waals surface area (Å²) in [6.45, 7) is 7.50. The average Bonchev–Trinajstić information content (AvgIpc) is 3.33. The number of fused-ring (bicyclic) bond motifs is 1. The second kappa shape index (κ2) is 9.14. The van der Waals surface area contributed by atoms with Crippen LogP contribution in [0.2, 0.25) is 0 Å². The highest BCUT2D eigenvalue weighted by Crippen LogP contribution is 2.21. The van der Waals surface area contributed by atoms with Gasteiger partial charge in [-0.15, -0.1) is 5.10 Å². The molecule has 10 nitrogen and oxygen atoms in total. The zero-order valence-corrected chi connectivity index (χ0v) is 17.6. The Morgan fingerprint density at radius 3 is 2.60 bits per heavy atom. The Labute approximate surface area is 174 Å². The van der Waals surface area contributed by atoms with Gasteiger partial charge in [-0.05, 0) is 12.1 Å². The van der Waals surface area contributed by atoms with E-state index in [4.69, 9.17) is 9.47 Å². The second-order valence-corrected chi connectivity index (χ2v) is 7.81. The first kappa shape index (κ1) is 21.6. The normalized spacial score (nSPS) is 11.7. The zero-order chi connectivity index (χ0) is 21.7. The number of hydrogen-bond donors (Lipinski definition) is 1. The molecule has 10 heteroatoms. The summed E-state index contributed by atoms with van der Waals surface area (Å²) in [4.78, 5) is 29.3. The highest BCUT2D eigenvalue weighted by molar-refractivity contribution is 6.02. The summed E-state index contributed by atoms with van der Waals surface area (Å²) in [7, 11) is 1.61. The lowest BCUT2D eigenvalue weighted by atomic mass is 9.89. The molecule has 0 unspecified atom stereocenters. The third kappa shape index (κ3) is 5.28. The number of ketones is 1. The summed E-state index contributed by atoms with van der Waals surface area (Å²) < 4.78 is 13.5. The molecule has 1 N–H and O–H groups in total. The third-order valence-electron chi connectivity index (χ3n) is 4.29. The SMILES string of the molecule is COCCOCCn1cc(C(=O)Nc2ccc3nc(C(=O)C(C)(C)C)cn3c2)nn1. The van der Waals surface area contributed by atoms with Crippen molar-refractivity contribution in [3.05, 3.63) is 42.1 Å². The van der Waals surface area contributed by atoms with Crippen molar-refractivity contribution >= 4 is 23.0 Å². The number of hydrogen-bond acceptors (Lipinski definition) is 7. The van der Waals surface area contributed by atoms with Crippen molar-refractivity contribution in [2.24, 2.45) is 5.41 Å². The quantitative estimate of drug-likeness (QED) is 0.421. The molecule has 1 amide bonds. The van der Waals surface area contributed by atoms with E-state index in [1.165, 1.54) is 0 Å². The number of carbonyl (C=O) groups is 2. The fourth-order valence-electron chi connectivity index (χ4n) is 2.67. The summed E-state index contributed by atoms with van der Waals surface area (Å²) >= 11 is 0. The van der Waals surface area contributed by atoms with Crippen LogP contribution in [-0.2, 0) is 16.0 Å². The van der Waals surface area contributed by atoms with Crippen LogP contribution in [0.3, 0.4) is 0 Å². The van der Waals surface area contributed by atoms with Gasteiger partial charge in [0.25, 0.3) is 5.91 Å². The maximum atomic E-state index is 12.5. The summed E-state index contributed by atoms with van der Waals surface area (Å²) in [6.07, 6.45) is 4.93. The molecular formula is C20H26N6O4. The van der Waals surface area contributed by atoms with E-state index in [2.05, 4.69) is 20.6 Å². The van der Waals surface area contributed by atoms with Crippen molar-refractivity contribution in [2.75, 3.05) is 32.2 Å². The van der Waals surface area contributed by atoms with Gasteiger partial charge in [0.15, 0.2) is 11.5 Å². The molecule has 3 aromatic heterocycles. The molecule has 160 valence electrons. The van der Waals surface area contributed by atoms with Gasteiger partial charge in [0.2, 0.25) is 0 Å². The topological polar surface area (TPSA) is 113 Å². The number of amides is 1. The number of Topliss-reactive ketones (excluding diaryl/α,β-unsaturated/α-hetero) is 1. The van der Waals surface area contributed by atoms with Crippen LogP contribution in [0.25, 0.3) is 5.65 Å². The maximum Gasteiger partial charge on any atom is 0.277 e. The number of nitrogens with zero attached hydrogens (tertiary/aromatic N) is 5. The minimum Gasteiger partial charge on any atom is -0.382 e. The Kier molecular flexibility index (Phi) is 6.58. The van der Waals surface area contributed by atoms with Crippen LogP contribution in [0, 0.1) is 5.41 Å². The van der Waals surface area contributed by atoms with Crippen LogP contribution in [0.15, 0.2) is 30.7 Å². The molecular weight excluding hydrogens is 388 g/mol. The smallest absolute Gasteiger partial charge is 0.277 e. The predicted octanol–water partition coefficient (Wildman–Crippen LogP) is 2.07. The number of pyridine rings is 1. The molecule has 0 aliphatic heterocycles. The number of ether oxygens (including phenoxy) is 2. The molecule has 0 aliphatic carbocycles. The molecule has 0 saturated heterocycles. The van der Waals surface area contributed by atoms with E-state index in [1.807, 2.05) is 20.8 Å². The second-order valence-electron chi connectivity index (χ2n) is 7.81. The maximum absolute atomic E-state index is 12.5. The lowest BCUT2D eigenvalue weighted by molar-refractivity contribution is 0.0652. The van der Waals surface area contributed by atoms with E-state index >= 15 is 0 Å². The minimum absolute atomic E-state index is 0.0420. The van der Waals surface area contributed by atoms with Crippen molar-refractivity contribution in [1.29, 1.82) is 0 Å². The molecule has 0 saturated carbocycles. The van der Waals surface area contributed by atoms with Gasteiger partial charge in [0.1, 0.15) is 11.3 Å². The average molecular weight is 414 g/mol. The Bertz CT molecular complexity index is 1030. The number of imidazole rings is 1. The number of aromatic nitrogens is 5. The largest absolute Gasteiger partial charge is 0.382 e. The van der Waals surface area contributed by atoms with Gasteiger partial charge >= 0.3 is 0 Å². The summed E-state index contributed by atoms with van der Waals surface area (Å²) in [6, 6.07) is 3.46. The Balaban J connectivity index is 1.63. The van der Waals surface area contributed by atoms with E-state index in [0.717, 1.165) is 0 Å².